The van der Waals surface area contributed by atoms with Crippen LogP contribution in [0, 0.1) is 6.92 Å². The van der Waals surface area contributed by atoms with Crippen molar-refractivity contribution in [2.24, 2.45) is 0 Å². The Bertz CT molecular complexity index is 737. The molecule has 0 aliphatic carbocycles. The van der Waals surface area contributed by atoms with E-state index in [0.29, 0.717) is 10.9 Å². The van der Waals surface area contributed by atoms with Gasteiger partial charge in [0.15, 0.2) is 0 Å². The summed E-state index contributed by atoms with van der Waals surface area (Å²) in [5, 5.41) is 7.85. The lowest BCUT2D eigenvalue weighted by Crippen LogP contribution is -2.09. The third-order valence-electron chi connectivity index (χ3n) is 3.02. The molecule has 1 aromatic carbocycles. The highest BCUT2D eigenvalue weighted by Crippen LogP contribution is 2.14. The molecule has 6 heteroatoms. The number of nitrogens with one attached hydrogen (secondary N) is 1. The van der Waals surface area contributed by atoms with Crippen molar-refractivity contribution in [3.63, 3.8) is 0 Å². The van der Waals surface area contributed by atoms with Crippen molar-refractivity contribution in [1.82, 2.24) is 19.6 Å². The summed E-state index contributed by atoms with van der Waals surface area (Å²) in [6.45, 7) is 2.89. The Hall–Kier alpha value is -2.14. The summed E-state index contributed by atoms with van der Waals surface area (Å²) < 4.78 is 1.64. The molecule has 0 bridgehead atoms. The molecule has 0 aliphatic rings. The lowest BCUT2D eigenvalue weighted by Gasteiger charge is -2.08. The van der Waals surface area contributed by atoms with Gasteiger partial charge in [-0.1, -0.05) is 41.4 Å². The molecule has 102 valence electrons. The predicted molar refractivity (Wildman–Crippen MR) is 79.2 cm³/mol. The molecule has 0 spiro atoms. The Balaban J connectivity index is 1.72. The molecule has 2 aromatic heterocycles. The first-order valence-electron chi connectivity index (χ1n) is 6.38. The summed E-state index contributed by atoms with van der Waals surface area (Å²) in [4.78, 5) is 8.12. The lowest BCUT2D eigenvalue weighted by atomic mass is 10.1. The van der Waals surface area contributed by atoms with E-state index in [2.05, 4.69) is 51.6 Å². The molecule has 0 unspecified atom stereocenters. The summed E-state index contributed by atoms with van der Waals surface area (Å²) in [5.74, 6) is 1.29. The fourth-order valence-corrected chi connectivity index (χ4v) is 2.29. The number of rotatable bonds is 4. The number of halogens is 1. The topological polar surface area (TPSA) is 55.1 Å². The highest BCUT2D eigenvalue weighted by atomic mass is 35.5. The fourth-order valence-electron chi connectivity index (χ4n) is 2.11. The average molecular weight is 288 g/mol. The third-order valence-corrected chi connectivity index (χ3v) is 3.22. The van der Waals surface area contributed by atoms with Crippen LogP contribution in [0.2, 0.25) is 5.15 Å². The van der Waals surface area contributed by atoms with Crippen LogP contribution in [0.1, 0.15) is 11.1 Å². The van der Waals surface area contributed by atoms with Crippen molar-refractivity contribution < 1.29 is 0 Å². The molecule has 20 heavy (non-hydrogen) atoms. The molecule has 0 fully saturated rings. The Kier molecular flexibility index (Phi) is 3.52. The summed E-state index contributed by atoms with van der Waals surface area (Å²) in [5.41, 5.74) is 2.57. The summed E-state index contributed by atoms with van der Waals surface area (Å²) in [6.07, 6.45) is 2.39. The smallest absolute Gasteiger partial charge is 0.255 e. The minimum atomic E-state index is 0.406. The minimum absolute atomic E-state index is 0.406. The lowest BCUT2D eigenvalue weighted by molar-refractivity contribution is 0.913. The summed E-state index contributed by atoms with van der Waals surface area (Å²) >= 11 is 5.97. The van der Waals surface area contributed by atoms with Crippen molar-refractivity contribution in [1.29, 1.82) is 0 Å². The van der Waals surface area contributed by atoms with Crippen LogP contribution in [0.5, 0.6) is 0 Å². The van der Waals surface area contributed by atoms with Crippen molar-refractivity contribution >= 4 is 23.2 Å². The molecular weight excluding hydrogens is 274 g/mol. The molecule has 0 saturated heterocycles. The first-order valence-corrected chi connectivity index (χ1v) is 6.76. The molecule has 0 radical (unpaired) electrons. The molecule has 5 nitrogen and oxygen atoms in total. The van der Waals surface area contributed by atoms with Gasteiger partial charge in [-0.05, 0) is 18.9 Å². The van der Waals surface area contributed by atoms with Crippen LogP contribution in [-0.4, -0.2) is 26.1 Å². The van der Waals surface area contributed by atoms with Gasteiger partial charge < -0.3 is 5.32 Å². The largest absolute Gasteiger partial charge is 0.369 e. The molecular formula is C14H14ClN5. The minimum Gasteiger partial charge on any atom is -0.369 e. The van der Waals surface area contributed by atoms with Crippen LogP contribution in [0.25, 0.3) is 5.78 Å². The maximum atomic E-state index is 5.97. The first-order chi connectivity index (χ1) is 9.72. The highest BCUT2D eigenvalue weighted by Gasteiger charge is 2.05. The number of benzene rings is 1. The van der Waals surface area contributed by atoms with E-state index in [9.17, 15) is 0 Å². The second kappa shape index (κ2) is 5.46. The zero-order chi connectivity index (χ0) is 13.9. The number of aryl methyl sites for hydroxylation is 1. The van der Waals surface area contributed by atoms with Gasteiger partial charge in [-0.25, -0.2) is 0 Å². The van der Waals surface area contributed by atoms with E-state index in [1.807, 2.05) is 0 Å². The Morgan fingerprint density at radius 3 is 3.05 bits per heavy atom. The Morgan fingerprint density at radius 2 is 2.20 bits per heavy atom. The van der Waals surface area contributed by atoms with E-state index >= 15 is 0 Å². The third kappa shape index (κ3) is 2.72. The standard InChI is InChI=1S/C14H14ClN5/c1-10-3-2-4-11(7-10)5-6-16-13-8-12(15)19-14-17-9-18-20(13)14/h2-4,7-9,16H,5-6H2,1H3. The van der Waals surface area contributed by atoms with E-state index in [1.54, 1.807) is 10.6 Å². The van der Waals surface area contributed by atoms with Crippen LogP contribution >= 0.6 is 11.6 Å². The number of aromatic nitrogens is 4. The van der Waals surface area contributed by atoms with E-state index in [1.165, 1.54) is 17.5 Å². The van der Waals surface area contributed by atoms with E-state index in [-0.39, 0.29) is 0 Å². The Labute approximate surface area is 121 Å². The Morgan fingerprint density at radius 1 is 1.30 bits per heavy atom. The predicted octanol–water partition coefficient (Wildman–Crippen LogP) is 2.74. The number of hydrogen-bond donors (Lipinski definition) is 1. The van der Waals surface area contributed by atoms with Gasteiger partial charge in [0.05, 0.1) is 0 Å². The van der Waals surface area contributed by atoms with Gasteiger partial charge in [-0.15, -0.1) is 0 Å². The van der Waals surface area contributed by atoms with E-state index < -0.39 is 0 Å². The summed E-state index contributed by atoms with van der Waals surface area (Å²) in [6, 6.07) is 10.2. The van der Waals surface area contributed by atoms with Gasteiger partial charge in [0.2, 0.25) is 0 Å². The van der Waals surface area contributed by atoms with E-state index in [0.717, 1.165) is 18.8 Å². The maximum absolute atomic E-state index is 5.97. The maximum Gasteiger partial charge on any atom is 0.255 e. The van der Waals surface area contributed by atoms with Crippen LogP contribution in [0.3, 0.4) is 0 Å². The normalized spacial score (nSPS) is 10.9. The average Bonchev–Trinajstić information content (AvgIpc) is 2.87. The van der Waals surface area contributed by atoms with Gasteiger partial charge in [0.1, 0.15) is 17.3 Å². The zero-order valence-corrected chi connectivity index (χ0v) is 11.8. The zero-order valence-electron chi connectivity index (χ0n) is 11.0. The number of anilines is 1. The quantitative estimate of drug-likeness (QED) is 0.750. The van der Waals surface area contributed by atoms with E-state index in [4.69, 9.17) is 11.6 Å². The molecule has 2 heterocycles. The number of nitrogens with zero attached hydrogens (tertiary/aromatic N) is 4. The molecule has 0 amide bonds. The molecule has 0 atom stereocenters. The second-order valence-electron chi connectivity index (χ2n) is 4.60. The highest BCUT2D eigenvalue weighted by molar-refractivity contribution is 6.29. The SMILES string of the molecule is Cc1cccc(CCNc2cc(Cl)nc3ncnn23)c1. The number of hydrogen-bond acceptors (Lipinski definition) is 4. The monoisotopic (exact) mass is 287 g/mol. The van der Waals surface area contributed by atoms with Crippen LogP contribution in [-0.2, 0) is 6.42 Å². The molecule has 3 aromatic rings. The van der Waals surface area contributed by atoms with Gasteiger partial charge in [-0.3, -0.25) is 0 Å². The van der Waals surface area contributed by atoms with Crippen molar-refractivity contribution in [2.45, 2.75) is 13.3 Å². The van der Waals surface area contributed by atoms with Crippen molar-refractivity contribution in [3.05, 3.63) is 52.9 Å². The van der Waals surface area contributed by atoms with Gasteiger partial charge in [0.25, 0.3) is 5.78 Å². The number of fused-ring (bicyclic) bond motifs is 1. The second-order valence-corrected chi connectivity index (χ2v) is 4.99. The van der Waals surface area contributed by atoms with Crippen LogP contribution in [0.4, 0.5) is 5.82 Å². The summed E-state index contributed by atoms with van der Waals surface area (Å²) in [7, 11) is 0. The molecule has 1 N–H and O–H groups in total. The fraction of sp³-hybridized carbons (Fsp3) is 0.214. The van der Waals surface area contributed by atoms with Gasteiger partial charge in [-0.2, -0.15) is 19.6 Å². The van der Waals surface area contributed by atoms with Crippen molar-refractivity contribution in [2.75, 3.05) is 11.9 Å². The van der Waals surface area contributed by atoms with Crippen molar-refractivity contribution in [3.8, 4) is 0 Å². The molecule has 3 rings (SSSR count). The van der Waals surface area contributed by atoms with Crippen LogP contribution < -0.4 is 5.32 Å². The van der Waals surface area contributed by atoms with Crippen LogP contribution in [0.15, 0.2) is 36.7 Å². The van der Waals surface area contributed by atoms with Gasteiger partial charge in [0, 0.05) is 12.6 Å². The molecule has 0 saturated carbocycles. The molecule has 0 aliphatic heterocycles. The first kappa shape index (κ1) is 12.9. The van der Waals surface area contributed by atoms with Gasteiger partial charge >= 0.3 is 0 Å².